The molecule has 1 heterocycles. The normalized spacial score (nSPS) is 22.5. The number of nitro groups is 2. The Bertz CT molecular complexity index is 955. The number of ether oxygens (including phenoxy) is 1. The van der Waals surface area contributed by atoms with E-state index in [4.69, 9.17) is 4.74 Å². The molecule has 1 aliphatic heterocycles. The second-order valence-corrected chi connectivity index (χ2v) is 6.69. The van der Waals surface area contributed by atoms with Gasteiger partial charge in [0.2, 0.25) is 0 Å². The van der Waals surface area contributed by atoms with Crippen LogP contribution >= 0.6 is 0 Å². The van der Waals surface area contributed by atoms with Crippen LogP contribution in [0.4, 0.5) is 17.1 Å². The molecule has 8 nitrogen and oxygen atoms in total. The van der Waals surface area contributed by atoms with Crippen molar-refractivity contribution in [3.63, 3.8) is 0 Å². The summed E-state index contributed by atoms with van der Waals surface area (Å²) in [7, 11) is 1.48. The van der Waals surface area contributed by atoms with Gasteiger partial charge in [0.25, 0.3) is 11.4 Å². The highest BCUT2D eigenvalue weighted by atomic mass is 16.6. The van der Waals surface area contributed by atoms with E-state index in [1.165, 1.54) is 25.3 Å². The predicted octanol–water partition coefficient (Wildman–Crippen LogP) is 4.34. The largest absolute Gasteiger partial charge is 0.494 e. The first-order valence-corrected chi connectivity index (χ1v) is 8.53. The van der Waals surface area contributed by atoms with Crippen molar-refractivity contribution in [3.8, 4) is 5.75 Å². The Hall–Kier alpha value is -3.42. The van der Waals surface area contributed by atoms with Crippen LogP contribution in [0.25, 0.3) is 0 Å². The number of benzene rings is 2. The summed E-state index contributed by atoms with van der Waals surface area (Å²) >= 11 is 0. The van der Waals surface area contributed by atoms with Gasteiger partial charge in [0, 0.05) is 24.1 Å². The first-order chi connectivity index (χ1) is 13.0. The van der Waals surface area contributed by atoms with E-state index >= 15 is 0 Å². The Morgan fingerprint density at radius 2 is 1.78 bits per heavy atom. The van der Waals surface area contributed by atoms with E-state index < -0.39 is 9.85 Å². The van der Waals surface area contributed by atoms with E-state index in [1.54, 1.807) is 18.2 Å². The topological polar surface area (TPSA) is 108 Å². The fourth-order valence-electron chi connectivity index (χ4n) is 4.05. The molecule has 0 fully saturated rings. The van der Waals surface area contributed by atoms with Crippen LogP contribution in [0.15, 0.2) is 48.6 Å². The van der Waals surface area contributed by atoms with Crippen LogP contribution in [0.1, 0.15) is 29.5 Å². The summed E-state index contributed by atoms with van der Waals surface area (Å²) in [6, 6.07) is 9.45. The number of nitrogens with zero attached hydrogens (tertiary/aromatic N) is 2. The van der Waals surface area contributed by atoms with Gasteiger partial charge in [0.05, 0.1) is 34.8 Å². The number of rotatable bonds is 4. The number of allylic oxidation sites excluding steroid dienone is 2. The molecule has 0 aromatic heterocycles. The van der Waals surface area contributed by atoms with Crippen molar-refractivity contribution in [2.75, 3.05) is 12.4 Å². The molecule has 0 spiro atoms. The summed E-state index contributed by atoms with van der Waals surface area (Å²) in [6.45, 7) is 0. The van der Waals surface area contributed by atoms with Gasteiger partial charge in [-0.25, -0.2) is 0 Å². The van der Waals surface area contributed by atoms with Gasteiger partial charge in [-0.05, 0) is 23.5 Å². The summed E-state index contributed by atoms with van der Waals surface area (Å²) in [5, 5.41) is 25.7. The molecule has 0 radical (unpaired) electrons. The number of methoxy groups -OCH3 is 1. The Morgan fingerprint density at radius 1 is 1.07 bits per heavy atom. The summed E-state index contributed by atoms with van der Waals surface area (Å²) in [5.41, 5.74) is 2.56. The van der Waals surface area contributed by atoms with Crippen LogP contribution < -0.4 is 10.1 Å². The Balaban J connectivity index is 1.79. The third kappa shape index (κ3) is 2.79. The molecule has 2 aliphatic rings. The lowest BCUT2D eigenvalue weighted by Crippen LogP contribution is -2.29. The van der Waals surface area contributed by atoms with E-state index in [-0.39, 0.29) is 29.3 Å². The summed E-state index contributed by atoms with van der Waals surface area (Å²) in [4.78, 5) is 21.4. The number of hydrogen-bond donors (Lipinski definition) is 1. The zero-order chi connectivity index (χ0) is 19.1. The number of nitrogens with one attached hydrogen (secondary N) is 1. The van der Waals surface area contributed by atoms with Crippen LogP contribution in [0.2, 0.25) is 0 Å². The number of hydrogen-bond acceptors (Lipinski definition) is 6. The summed E-state index contributed by atoms with van der Waals surface area (Å²) in [5.74, 6) is 0.616. The maximum absolute atomic E-state index is 11.3. The minimum Gasteiger partial charge on any atom is -0.494 e. The molecule has 27 heavy (non-hydrogen) atoms. The van der Waals surface area contributed by atoms with E-state index in [1.807, 2.05) is 0 Å². The molecule has 3 atom stereocenters. The first kappa shape index (κ1) is 17.0. The molecule has 0 unspecified atom stereocenters. The predicted molar refractivity (Wildman–Crippen MR) is 99.1 cm³/mol. The van der Waals surface area contributed by atoms with E-state index in [2.05, 4.69) is 17.5 Å². The number of fused-ring (bicyclic) bond motifs is 3. The number of non-ortho nitro benzene ring substituents is 2. The SMILES string of the molecule is COc1cc([N+](=O)[O-])cc2c1N[C@H](c1ccc([N+](=O)[O-])cc1)[C@@H]1CC=C[C@H]21. The van der Waals surface area contributed by atoms with Crippen molar-refractivity contribution < 1.29 is 14.6 Å². The molecular weight excluding hydrogens is 350 g/mol. The van der Waals surface area contributed by atoms with Gasteiger partial charge in [0.15, 0.2) is 0 Å². The van der Waals surface area contributed by atoms with Crippen LogP contribution in [0.5, 0.6) is 5.75 Å². The smallest absolute Gasteiger partial charge is 0.273 e. The highest BCUT2D eigenvalue weighted by Gasteiger charge is 2.40. The van der Waals surface area contributed by atoms with Crippen LogP contribution in [-0.4, -0.2) is 17.0 Å². The quantitative estimate of drug-likeness (QED) is 0.489. The number of nitro benzene ring substituents is 2. The van der Waals surface area contributed by atoms with Crippen molar-refractivity contribution in [1.82, 2.24) is 0 Å². The maximum atomic E-state index is 11.3. The van der Waals surface area contributed by atoms with Gasteiger partial charge in [-0.3, -0.25) is 20.2 Å². The molecule has 0 amide bonds. The fourth-order valence-corrected chi connectivity index (χ4v) is 4.05. The van der Waals surface area contributed by atoms with Gasteiger partial charge in [-0.15, -0.1) is 0 Å². The Kier molecular flexibility index (Phi) is 4.02. The molecular formula is C19H17N3O5. The van der Waals surface area contributed by atoms with Gasteiger partial charge < -0.3 is 10.1 Å². The highest BCUT2D eigenvalue weighted by molar-refractivity contribution is 5.71. The van der Waals surface area contributed by atoms with E-state index in [0.717, 1.165) is 23.2 Å². The third-order valence-electron chi connectivity index (χ3n) is 5.31. The zero-order valence-electron chi connectivity index (χ0n) is 14.5. The van der Waals surface area contributed by atoms with Gasteiger partial charge in [-0.1, -0.05) is 24.3 Å². The van der Waals surface area contributed by atoms with Gasteiger partial charge >= 0.3 is 0 Å². The molecule has 0 saturated heterocycles. The molecule has 1 aliphatic carbocycles. The van der Waals surface area contributed by atoms with Crippen molar-refractivity contribution >= 4 is 17.1 Å². The minimum atomic E-state index is -0.421. The standard InChI is InChI=1S/C19H17N3O5/c1-27-17-10-13(22(25)26)9-16-14-3-2-4-15(14)18(20-19(16)17)11-5-7-12(8-6-11)21(23)24/h2-3,5-10,14-15,18,20H,4H2,1H3/t14-,15+,18+/m0/s1. The Morgan fingerprint density at radius 3 is 2.41 bits per heavy atom. The van der Waals surface area contributed by atoms with Crippen LogP contribution in [0, 0.1) is 26.1 Å². The zero-order valence-corrected chi connectivity index (χ0v) is 14.5. The van der Waals surface area contributed by atoms with Crippen molar-refractivity contribution in [2.45, 2.75) is 18.4 Å². The molecule has 2 aromatic carbocycles. The highest BCUT2D eigenvalue weighted by Crippen LogP contribution is 2.53. The fraction of sp³-hybridized carbons (Fsp3) is 0.263. The lowest BCUT2D eigenvalue weighted by molar-refractivity contribution is -0.385. The van der Waals surface area contributed by atoms with Crippen molar-refractivity contribution in [1.29, 1.82) is 0 Å². The summed E-state index contributed by atoms with van der Waals surface area (Å²) in [6.07, 6.45) is 4.98. The summed E-state index contributed by atoms with van der Waals surface area (Å²) < 4.78 is 5.41. The van der Waals surface area contributed by atoms with Crippen molar-refractivity contribution in [3.05, 3.63) is 79.9 Å². The molecule has 4 rings (SSSR count). The second-order valence-electron chi connectivity index (χ2n) is 6.69. The Labute approximate surface area is 154 Å². The number of anilines is 1. The maximum Gasteiger partial charge on any atom is 0.273 e. The average Bonchev–Trinajstić information content (AvgIpc) is 3.16. The van der Waals surface area contributed by atoms with Gasteiger partial charge in [-0.2, -0.15) is 0 Å². The molecule has 0 saturated carbocycles. The van der Waals surface area contributed by atoms with E-state index in [0.29, 0.717) is 5.75 Å². The molecule has 8 heteroatoms. The van der Waals surface area contributed by atoms with Crippen molar-refractivity contribution in [2.24, 2.45) is 5.92 Å². The third-order valence-corrected chi connectivity index (χ3v) is 5.31. The lowest BCUT2D eigenvalue weighted by atomic mass is 9.76. The second kappa shape index (κ2) is 6.39. The first-order valence-electron chi connectivity index (χ1n) is 8.53. The minimum absolute atomic E-state index is 0.000218. The molecule has 0 bridgehead atoms. The molecule has 2 aromatic rings. The lowest BCUT2D eigenvalue weighted by Gasteiger charge is -2.38. The van der Waals surface area contributed by atoms with Gasteiger partial charge in [0.1, 0.15) is 5.75 Å². The monoisotopic (exact) mass is 367 g/mol. The van der Waals surface area contributed by atoms with E-state index in [9.17, 15) is 20.2 Å². The average molecular weight is 367 g/mol. The van der Waals surface area contributed by atoms with Crippen LogP contribution in [-0.2, 0) is 0 Å². The van der Waals surface area contributed by atoms with Crippen LogP contribution in [0.3, 0.4) is 0 Å². The molecule has 1 N–H and O–H groups in total. The molecule has 138 valence electrons.